The van der Waals surface area contributed by atoms with Crippen LogP contribution in [-0.4, -0.2) is 34.3 Å². The van der Waals surface area contributed by atoms with Crippen LogP contribution in [0, 0.1) is 0 Å². The summed E-state index contributed by atoms with van der Waals surface area (Å²) in [5.74, 6) is 1.70. The number of benzene rings is 1. The van der Waals surface area contributed by atoms with E-state index in [-0.39, 0.29) is 0 Å². The van der Waals surface area contributed by atoms with E-state index >= 15 is 0 Å². The van der Waals surface area contributed by atoms with Crippen LogP contribution in [-0.2, 0) is 19.5 Å². The number of aromatic nitrogens is 3. The number of nitrogens with zero attached hydrogens (tertiary/aromatic N) is 4. The summed E-state index contributed by atoms with van der Waals surface area (Å²) in [7, 11) is 1.77. The average molecular weight is 300 g/mol. The van der Waals surface area contributed by atoms with E-state index in [2.05, 4.69) is 57.0 Å². The molecule has 0 saturated heterocycles. The number of rotatable bonds is 7. The molecule has 6 heteroatoms. The third kappa shape index (κ3) is 4.87. The summed E-state index contributed by atoms with van der Waals surface area (Å²) in [6.07, 6.45) is 3.87. The van der Waals surface area contributed by atoms with Crippen LogP contribution >= 0.6 is 0 Å². The average Bonchev–Trinajstić information content (AvgIpc) is 3.02. The van der Waals surface area contributed by atoms with Gasteiger partial charge in [-0.15, -0.1) is 10.2 Å². The second kappa shape index (κ2) is 8.81. The van der Waals surface area contributed by atoms with Gasteiger partial charge in [0, 0.05) is 20.1 Å². The van der Waals surface area contributed by atoms with Gasteiger partial charge in [0.25, 0.3) is 0 Å². The van der Waals surface area contributed by atoms with Crippen molar-refractivity contribution >= 4 is 5.96 Å². The lowest BCUT2D eigenvalue weighted by atomic mass is 10.1. The smallest absolute Gasteiger partial charge is 0.191 e. The Hall–Kier alpha value is -2.37. The standard InChI is InChI=1S/C16H24N6/c1-3-22-13-20-21-15(22)12-19-16(17-2)18-11-7-10-14-8-5-4-6-9-14/h4-6,8-9,13H,3,7,10-12H2,1-2H3,(H2,17,18,19). The van der Waals surface area contributed by atoms with Gasteiger partial charge >= 0.3 is 0 Å². The van der Waals surface area contributed by atoms with Crippen molar-refractivity contribution < 1.29 is 0 Å². The normalized spacial score (nSPS) is 11.5. The molecule has 0 aliphatic carbocycles. The quantitative estimate of drug-likeness (QED) is 0.463. The number of hydrogen-bond acceptors (Lipinski definition) is 3. The van der Waals surface area contributed by atoms with Crippen LogP contribution < -0.4 is 10.6 Å². The Morgan fingerprint density at radius 2 is 2.05 bits per heavy atom. The Bertz CT molecular complexity index is 575. The van der Waals surface area contributed by atoms with Gasteiger partial charge in [-0.1, -0.05) is 30.3 Å². The molecule has 0 spiro atoms. The number of guanidine groups is 1. The van der Waals surface area contributed by atoms with Crippen LogP contribution in [0.2, 0.25) is 0 Å². The lowest BCUT2D eigenvalue weighted by molar-refractivity contribution is 0.666. The van der Waals surface area contributed by atoms with E-state index in [1.54, 1.807) is 13.4 Å². The summed E-state index contributed by atoms with van der Waals surface area (Å²) < 4.78 is 2.01. The first-order valence-corrected chi connectivity index (χ1v) is 7.68. The van der Waals surface area contributed by atoms with Crippen LogP contribution in [0.3, 0.4) is 0 Å². The Morgan fingerprint density at radius 3 is 2.77 bits per heavy atom. The molecule has 1 heterocycles. The molecule has 0 atom stereocenters. The van der Waals surface area contributed by atoms with E-state index in [0.29, 0.717) is 6.54 Å². The fraction of sp³-hybridized carbons (Fsp3) is 0.438. The van der Waals surface area contributed by atoms with Crippen molar-refractivity contribution in [2.75, 3.05) is 13.6 Å². The van der Waals surface area contributed by atoms with E-state index in [1.165, 1.54) is 5.56 Å². The lowest BCUT2D eigenvalue weighted by Crippen LogP contribution is -2.38. The van der Waals surface area contributed by atoms with E-state index < -0.39 is 0 Å². The molecule has 0 saturated carbocycles. The van der Waals surface area contributed by atoms with Crippen molar-refractivity contribution in [3.05, 3.63) is 48.0 Å². The highest BCUT2D eigenvalue weighted by molar-refractivity contribution is 5.79. The summed E-state index contributed by atoms with van der Waals surface area (Å²) in [5, 5.41) is 14.6. The van der Waals surface area contributed by atoms with Gasteiger partial charge in [-0.25, -0.2) is 0 Å². The molecule has 0 amide bonds. The molecule has 0 fully saturated rings. The summed E-state index contributed by atoms with van der Waals surface area (Å²) in [6.45, 7) is 4.44. The first-order chi connectivity index (χ1) is 10.8. The van der Waals surface area contributed by atoms with E-state index in [4.69, 9.17) is 0 Å². The molecule has 1 aromatic carbocycles. The molecule has 2 rings (SSSR count). The molecule has 1 aromatic heterocycles. The molecular weight excluding hydrogens is 276 g/mol. The Morgan fingerprint density at radius 1 is 1.23 bits per heavy atom. The molecule has 2 aromatic rings. The van der Waals surface area contributed by atoms with Gasteiger partial charge in [-0.05, 0) is 25.3 Å². The SMILES string of the molecule is CCn1cnnc1CNC(=NC)NCCCc1ccccc1. The number of hydrogen-bond donors (Lipinski definition) is 2. The minimum absolute atomic E-state index is 0.617. The zero-order valence-electron chi connectivity index (χ0n) is 13.3. The topological polar surface area (TPSA) is 67.1 Å². The van der Waals surface area contributed by atoms with Gasteiger partial charge in [0.1, 0.15) is 6.33 Å². The maximum absolute atomic E-state index is 4.22. The van der Waals surface area contributed by atoms with Crippen molar-refractivity contribution in [2.45, 2.75) is 32.9 Å². The molecule has 6 nitrogen and oxygen atoms in total. The Balaban J connectivity index is 1.69. The predicted molar refractivity (Wildman–Crippen MR) is 88.7 cm³/mol. The van der Waals surface area contributed by atoms with Crippen LogP contribution in [0.5, 0.6) is 0 Å². The molecule has 0 bridgehead atoms. The lowest BCUT2D eigenvalue weighted by Gasteiger charge is -2.11. The van der Waals surface area contributed by atoms with Crippen LogP contribution in [0.15, 0.2) is 41.7 Å². The van der Waals surface area contributed by atoms with Gasteiger partial charge < -0.3 is 15.2 Å². The molecule has 118 valence electrons. The van der Waals surface area contributed by atoms with Crippen LogP contribution in [0.4, 0.5) is 0 Å². The van der Waals surface area contributed by atoms with Gasteiger partial charge in [-0.3, -0.25) is 4.99 Å². The number of aliphatic imine (C=N–C) groups is 1. The maximum atomic E-state index is 4.22. The van der Waals surface area contributed by atoms with Crippen molar-refractivity contribution in [1.82, 2.24) is 25.4 Å². The van der Waals surface area contributed by atoms with Crippen molar-refractivity contribution in [3.63, 3.8) is 0 Å². The fourth-order valence-electron chi connectivity index (χ4n) is 2.21. The Kier molecular flexibility index (Phi) is 6.41. The number of nitrogens with one attached hydrogen (secondary N) is 2. The first kappa shape index (κ1) is 16.0. The molecule has 0 aliphatic heterocycles. The highest BCUT2D eigenvalue weighted by atomic mass is 15.3. The minimum atomic E-state index is 0.617. The van der Waals surface area contributed by atoms with E-state index in [0.717, 1.165) is 37.7 Å². The second-order valence-electron chi connectivity index (χ2n) is 4.97. The molecule has 0 aliphatic rings. The largest absolute Gasteiger partial charge is 0.356 e. The van der Waals surface area contributed by atoms with Crippen molar-refractivity contribution in [3.8, 4) is 0 Å². The van der Waals surface area contributed by atoms with Gasteiger partial charge in [-0.2, -0.15) is 0 Å². The van der Waals surface area contributed by atoms with Crippen LogP contribution in [0.25, 0.3) is 0 Å². The third-order valence-electron chi connectivity index (χ3n) is 3.45. The molecule has 2 N–H and O–H groups in total. The van der Waals surface area contributed by atoms with Gasteiger partial charge in [0.05, 0.1) is 6.54 Å². The summed E-state index contributed by atoms with van der Waals surface area (Å²) in [6, 6.07) is 10.5. The minimum Gasteiger partial charge on any atom is -0.356 e. The predicted octanol–water partition coefficient (Wildman–Crippen LogP) is 1.60. The number of aryl methyl sites for hydroxylation is 2. The molecule has 0 unspecified atom stereocenters. The van der Waals surface area contributed by atoms with Gasteiger partial charge in [0.2, 0.25) is 0 Å². The first-order valence-electron chi connectivity index (χ1n) is 7.68. The molecule has 22 heavy (non-hydrogen) atoms. The van der Waals surface area contributed by atoms with Crippen molar-refractivity contribution in [2.24, 2.45) is 4.99 Å². The highest BCUT2D eigenvalue weighted by Crippen LogP contribution is 2.01. The maximum Gasteiger partial charge on any atom is 0.191 e. The summed E-state index contributed by atoms with van der Waals surface area (Å²) in [5.41, 5.74) is 1.36. The highest BCUT2D eigenvalue weighted by Gasteiger charge is 2.03. The molecular formula is C16H24N6. The second-order valence-corrected chi connectivity index (χ2v) is 4.97. The van der Waals surface area contributed by atoms with Gasteiger partial charge in [0.15, 0.2) is 11.8 Å². The van der Waals surface area contributed by atoms with E-state index in [1.807, 2.05) is 10.6 Å². The third-order valence-corrected chi connectivity index (χ3v) is 3.45. The molecule has 0 radical (unpaired) electrons. The van der Waals surface area contributed by atoms with E-state index in [9.17, 15) is 0 Å². The van der Waals surface area contributed by atoms with Crippen LogP contribution in [0.1, 0.15) is 24.7 Å². The zero-order chi connectivity index (χ0) is 15.6. The monoisotopic (exact) mass is 300 g/mol. The van der Waals surface area contributed by atoms with Crippen molar-refractivity contribution in [1.29, 1.82) is 0 Å². The fourth-order valence-corrected chi connectivity index (χ4v) is 2.21. The zero-order valence-corrected chi connectivity index (χ0v) is 13.3. The Labute approximate surface area is 131 Å². The summed E-state index contributed by atoms with van der Waals surface area (Å²) >= 11 is 0. The summed E-state index contributed by atoms with van der Waals surface area (Å²) in [4.78, 5) is 4.22.